The van der Waals surface area contributed by atoms with Gasteiger partial charge in [-0.1, -0.05) is 121 Å². The van der Waals surface area contributed by atoms with E-state index in [1.54, 1.807) is 24.3 Å². The highest BCUT2D eigenvalue weighted by atomic mass is 33.1. The number of benzene rings is 4. The van der Waals surface area contributed by atoms with Crippen LogP contribution in [0.25, 0.3) is 56.5 Å². The molecule has 0 unspecified atom stereocenters. The number of nitrogens with one attached hydrogen (secondary N) is 4. The van der Waals surface area contributed by atoms with Gasteiger partial charge in [0, 0.05) is 22.8 Å². The summed E-state index contributed by atoms with van der Waals surface area (Å²) >= 11 is 0. The van der Waals surface area contributed by atoms with E-state index in [4.69, 9.17) is 0 Å². The minimum atomic E-state index is -0.498. The number of hydrogen-bond acceptors (Lipinski definition) is 6. The molecule has 0 atom stereocenters. The maximum absolute atomic E-state index is 14.4. The lowest BCUT2D eigenvalue weighted by molar-refractivity contribution is 0.103. The van der Waals surface area contributed by atoms with Gasteiger partial charge in [0.1, 0.15) is 9.81 Å². The molecule has 4 heterocycles. The standard InChI is InChI=1S/C46H34N4O4S2/c51-41(37-25-21-33(47-37)29-13-5-1-6-14-29)45(42(52)38-26-22-34(48-38)30-15-7-2-8-16-30)55-56-46(43(53)39-27-23-35(49-39)31-17-9-3-10-18-31)44(54)40-28-24-36(50-40)32-19-11-4-12-20-32/h1-28,47-51,53H/b45-41-,46-43+. The van der Waals surface area contributed by atoms with Crippen LogP contribution in [-0.4, -0.2) is 41.7 Å². The monoisotopic (exact) mass is 770 g/mol. The Morgan fingerprint density at radius 3 is 0.875 bits per heavy atom. The van der Waals surface area contributed by atoms with Crippen molar-refractivity contribution in [3.8, 4) is 45.0 Å². The first kappa shape index (κ1) is 36.1. The molecule has 4 aromatic carbocycles. The van der Waals surface area contributed by atoms with Crippen LogP contribution < -0.4 is 0 Å². The largest absolute Gasteiger partial charge is 0.504 e. The van der Waals surface area contributed by atoms with Crippen LogP contribution in [0.15, 0.2) is 180 Å². The molecule has 0 aliphatic heterocycles. The van der Waals surface area contributed by atoms with E-state index in [-0.39, 0.29) is 32.7 Å². The molecule has 0 amide bonds. The van der Waals surface area contributed by atoms with Crippen LogP contribution in [0.1, 0.15) is 32.4 Å². The van der Waals surface area contributed by atoms with Crippen molar-refractivity contribution in [3.05, 3.63) is 202 Å². The summed E-state index contributed by atoms with van der Waals surface area (Å²) in [7, 11) is 1.78. The van der Waals surface area contributed by atoms with Crippen molar-refractivity contribution in [1.82, 2.24) is 19.9 Å². The second-order valence-corrected chi connectivity index (χ2v) is 14.9. The molecule has 0 spiro atoms. The summed E-state index contributed by atoms with van der Waals surface area (Å²) in [6.45, 7) is 0. The summed E-state index contributed by atoms with van der Waals surface area (Å²) in [5.74, 6) is -1.62. The van der Waals surface area contributed by atoms with Crippen LogP contribution in [0.5, 0.6) is 0 Å². The molecule has 274 valence electrons. The van der Waals surface area contributed by atoms with E-state index in [1.807, 2.05) is 146 Å². The van der Waals surface area contributed by atoms with Gasteiger partial charge in [0.15, 0.2) is 11.5 Å². The smallest absolute Gasteiger partial charge is 0.220 e. The first-order valence-electron chi connectivity index (χ1n) is 17.7. The van der Waals surface area contributed by atoms with Gasteiger partial charge >= 0.3 is 0 Å². The summed E-state index contributed by atoms with van der Waals surface area (Å²) in [5, 5.41) is 23.8. The number of Topliss-reactive ketones (excluding diaryl/α,β-unsaturated/α-hetero) is 2. The number of rotatable bonds is 13. The third-order valence-corrected chi connectivity index (χ3v) is 11.6. The van der Waals surface area contributed by atoms with E-state index in [2.05, 4.69) is 19.9 Å². The quantitative estimate of drug-likeness (QED) is 0.0299. The molecule has 4 aromatic heterocycles. The first-order valence-corrected chi connectivity index (χ1v) is 19.9. The van der Waals surface area contributed by atoms with Gasteiger partial charge in [0.25, 0.3) is 0 Å². The Kier molecular flexibility index (Phi) is 10.5. The molecule has 8 rings (SSSR count). The number of aliphatic hydroxyl groups is 2. The van der Waals surface area contributed by atoms with Crippen molar-refractivity contribution >= 4 is 44.7 Å². The fraction of sp³-hybridized carbons (Fsp3) is 0. The molecule has 6 N–H and O–H groups in total. The van der Waals surface area contributed by atoms with Gasteiger partial charge in [-0.05, 0) is 92.4 Å². The number of H-pyrrole nitrogens is 4. The predicted octanol–water partition coefficient (Wildman–Crippen LogP) is 12.0. The zero-order valence-electron chi connectivity index (χ0n) is 29.7. The van der Waals surface area contributed by atoms with Crippen LogP contribution in [0, 0.1) is 0 Å². The Morgan fingerprint density at radius 2 is 0.589 bits per heavy atom. The zero-order valence-corrected chi connectivity index (χ0v) is 31.3. The van der Waals surface area contributed by atoms with E-state index in [1.165, 1.54) is 0 Å². The second kappa shape index (κ2) is 16.2. The van der Waals surface area contributed by atoms with Gasteiger partial charge in [-0.15, -0.1) is 0 Å². The van der Waals surface area contributed by atoms with Crippen molar-refractivity contribution < 1.29 is 19.8 Å². The van der Waals surface area contributed by atoms with E-state index < -0.39 is 11.6 Å². The summed E-state index contributed by atoms with van der Waals surface area (Å²) in [6.07, 6.45) is 0. The minimum absolute atomic E-state index is 0.0519. The number of aromatic nitrogens is 4. The molecule has 10 heteroatoms. The number of hydrogen-bond donors (Lipinski definition) is 6. The number of ketones is 2. The minimum Gasteiger partial charge on any atom is -0.504 e. The third-order valence-electron chi connectivity index (χ3n) is 9.13. The Labute approximate surface area is 330 Å². The molecule has 0 saturated carbocycles. The van der Waals surface area contributed by atoms with Crippen molar-refractivity contribution in [2.45, 2.75) is 0 Å². The van der Waals surface area contributed by atoms with Crippen molar-refractivity contribution in [2.24, 2.45) is 0 Å². The molecule has 0 fully saturated rings. The maximum atomic E-state index is 14.4. The summed E-state index contributed by atoms with van der Waals surface area (Å²) in [4.78, 5) is 41.6. The Balaban J connectivity index is 1.19. The van der Waals surface area contributed by atoms with Crippen LogP contribution in [0.3, 0.4) is 0 Å². The number of carbonyl (C=O) groups excluding carboxylic acids is 2. The number of aromatic amines is 4. The van der Waals surface area contributed by atoms with Crippen molar-refractivity contribution in [2.75, 3.05) is 0 Å². The maximum Gasteiger partial charge on any atom is 0.220 e. The lowest BCUT2D eigenvalue weighted by atomic mass is 10.2. The number of aliphatic hydroxyl groups excluding tert-OH is 2. The molecule has 8 aromatic rings. The first-order chi connectivity index (χ1) is 27.4. The van der Waals surface area contributed by atoms with E-state index in [0.717, 1.165) is 66.6 Å². The molecule has 0 aliphatic carbocycles. The molecule has 8 nitrogen and oxygen atoms in total. The molecule has 0 aliphatic rings. The van der Waals surface area contributed by atoms with Gasteiger partial charge in [0.2, 0.25) is 11.6 Å². The van der Waals surface area contributed by atoms with Crippen molar-refractivity contribution in [3.63, 3.8) is 0 Å². The SMILES string of the molecule is O=C(/C(SS/C(C(=O)c1ccc(-c2ccccc2)[nH]1)=C(/O)c1ccc(-c2ccccc2)[nH]1)=C(/O)c1ccc(-c2ccccc2)[nH]1)c1ccc(-c2ccccc2)[nH]1. The summed E-state index contributed by atoms with van der Waals surface area (Å²) in [5.41, 5.74) is 7.64. The lowest BCUT2D eigenvalue weighted by Crippen LogP contribution is -2.07. The number of carbonyl (C=O) groups is 2. The van der Waals surface area contributed by atoms with Gasteiger partial charge in [0.05, 0.1) is 22.8 Å². The van der Waals surface area contributed by atoms with Crippen LogP contribution >= 0.6 is 21.6 Å². The van der Waals surface area contributed by atoms with Crippen molar-refractivity contribution in [1.29, 1.82) is 0 Å². The average Bonchev–Trinajstić information content (AvgIpc) is 4.11. The normalized spacial score (nSPS) is 12.2. The Morgan fingerprint density at radius 1 is 0.339 bits per heavy atom. The highest BCUT2D eigenvalue weighted by molar-refractivity contribution is 8.80. The molecule has 0 radical (unpaired) electrons. The fourth-order valence-electron chi connectivity index (χ4n) is 6.21. The van der Waals surface area contributed by atoms with Gasteiger partial charge in [-0.25, -0.2) is 0 Å². The third kappa shape index (κ3) is 7.70. The Bertz CT molecular complexity index is 2500. The van der Waals surface area contributed by atoms with Gasteiger partial charge < -0.3 is 30.1 Å². The molecule has 0 bridgehead atoms. The topological polar surface area (TPSA) is 138 Å². The van der Waals surface area contributed by atoms with Gasteiger partial charge in [-0.3, -0.25) is 9.59 Å². The summed E-state index contributed by atoms with van der Waals surface area (Å²) < 4.78 is 0. The summed E-state index contributed by atoms with van der Waals surface area (Å²) in [6, 6.07) is 52.5. The fourth-order valence-corrected chi connectivity index (χ4v) is 8.55. The second-order valence-electron chi connectivity index (χ2n) is 12.8. The predicted molar refractivity (Wildman–Crippen MR) is 228 cm³/mol. The van der Waals surface area contributed by atoms with E-state index in [0.29, 0.717) is 11.4 Å². The molecular formula is C46H34N4O4S2. The van der Waals surface area contributed by atoms with E-state index >= 15 is 0 Å². The van der Waals surface area contributed by atoms with E-state index in [9.17, 15) is 19.8 Å². The van der Waals surface area contributed by atoms with Crippen LogP contribution in [-0.2, 0) is 0 Å². The molecule has 0 saturated heterocycles. The number of allylic oxidation sites excluding steroid dienone is 2. The van der Waals surface area contributed by atoms with Crippen LogP contribution in [0.2, 0.25) is 0 Å². The average molecular weight is 771 g/mol. The lowest BCUT2D eigenvalue weighted by Gasteiger charge is -2.12. The highest BCUT2D eigenvalue weighted by Crippen LogP contribution is 2.44. The molecule has 56 heavy (non-hydrogen) atoms. The Hall–Kier alpha value is -6.88. The van der Waals surface area contributed by atoms with Crippen LogP contribution in [0.4, 0.5) is 0 Å². The van der Waals surface area contributed by atoms with Gasteiger partial charge in [-0.2, -0.15) is 0 Å². The highest BCUT2D eigenvalue weighted by Gasteiger charge is 2.28. The zero-order chi connectivity index (χ0) is 38.4. The molecular weight excluding hydrogens is 737 g/mol.